The second-order valence-corrected chi connectivity index (χ2v) is 9.86. The van der Waals surface area contributed by atoms with Gasteiger partial charge in [-0.15, -0.1) is 0 Å². The van der Waals surface area contributed by atoms with Crippen LogP contribution in [0.1, 0.15) is 37.0 Å². The number of anilines is 1. The molecule has 0 radical (unpaired) electrons. The lowest BCUT2D eigenvalue weighted by molar-refractivity contribution is -0.120. The molecule has 2 amide bonds. The Bertz CT molecular complexity index is 1110. The van der Waals surface area contributed by atoms with Gasteiger partial charge in [-0.1, -0.05) is 12.1 Å². The van der Waals surface area contributed by atoms with Crippen molar-refractivity contribution in [3.8, 4) is 0 Å². The number of rotatable bonds is 6. The number of hydrogen-bond donors (Lipinski definition) is 2. The average Bonchev–Trinajstić information content (AvgIpc) is 2.75. The van der Waals surface area contributed by atoms with Crippen LogP contribution < -0.4 is 10.6 Å². The molecule has 2 aromatic rings. The molecule has 1 heterocycles. The largest absolute Gasteiger partial charge is 0.350 e. The first-order valence-electron chi connectivity index (χ1n) is 10.3. The number of amides is 2. The molecule has 32 heavy (non-hydrogen) atoms. The minimum atomic E-state index is -4.00. The zero-order valence-corrected chi connectivity index (χ0v) is 18.6. The van der Waals surface area contributed by atoms with E-state index in [1.54, 1.807) is 24.3 Å². The Labute approximate surface area is 185 Å². The molecule has 1 saturated heterocycles. The Morgan fingerprint density at radius 2 is 1.69 bits per heavy atom. The number of nitrogens with one attached hydrogen (secondary N) is 2. The number of carbonyl (C=O) groups is 2. The van der Waals surface area contributed by atoms with E-state index in [1.807, 2.05) is 13.8 Å². The van der Waals surface area contributed by atoms with Gasteiger partial charge in [-0.25, -0.2) is 17.2 Å². The van der Waals surface area contributed by atoms with Crippen LogP contribution in [0.4, 0.5) is 14.5 Å². The van der Waals surface area contributed by atoms with Gasteiger partial charge >= 0.3 is 0 Å². The van der Waals surface area contributed by atoms with Crippen LogP contribution in [-0.4, -0.2) is 43.7 Å². The van der Waals surface area contributed by atoms with Gasteiger partial charge in [-0.3, -0.25) is 9.59 Å². The lowest BCUT2D eigenvalue weighted by Gasteiger charge is -2.30. The number of benzene rings is 2. The van der Waals surface area contributed by atoms with Gasteiger partial charge in [-0.2, -0.15) is 4.31 Å². The number of piperidine rings is 1. The van der Waals surface area contributed by atoms with E-state index in [4.69, 9.17) is 0 Å². The maximum absolute atomic E-state index is 13.5. The predicted octanol–water partition coefficient (Wildman–Crippen LogP) is 3.14. The van der Waals surface area contributed by atoms with Gasteiger partial charge < -0.3 is 10.6 Å². The first kappa shape index (κ1) is 23.8. The van der Waals surface area contributed by atoms with Crippen LogP contribution in [0.15, 0.2) is 47.4 Å². The van der Waals surface area contributed by atoms with E-state index in [0.29, 0.717) is 17.3 Å². The smallest absolute Gasteiger partial charge is 0.253 e. The molecule has 7 nitrogen and oxygen atoms in total. The fourth-order valence-electron chi connectivity index (χ4n) is 3.51. The molecule has 0 aliphatic carbocycles. The van der Waals surface area contributed by atoms with E-state index < -0.39 is 27.6 Å². The van der Waals surface area contributed by atoms with E-state index >= 15 is 0 Å². The van der Waals surface area contributed by atoms with Crippen LogP contribution in [-0.2, 0) is 14.8 Å². The molecule has 2 aromatic carbocycles. The highest BCUT2D eigenvalue weighted by Gasteiger charge is 2.33. The molecule has 0 bridgehead atoms. The third kappa shape index (κ3) is 5.31. The highest BCUT2D eigenvalue weighted by Crippen LogP contribution is 2.26. The molecular formula is C22H25F2N3O4S. The maximum Gasteiger partial charge on any atom is 0.253 e. The van der Waals surface area contributed by atoms with Crippen molar-refractivity contribution < 1.29 is 26.8 Å². The Kier molecular flexibility index (Phi) is 7.25. The second-order valence-electron chi connectivity index (χ2n) is 7.92. The number of nitrogens with zero attached hydrogens (tertiary/aromatic N) is 1. The summed E-state index contributed by atoms with van der Waals surface area (Å²) in [7, 11) is -4.00. The van der Waals surface area contributed by atoms with Gasteiger partial charge in [0.05, 0.1) is 16.1 Å². The Morgan fingerprint density at radius 1 is 1.03 bits per heavy atom. The maximum atomic E-state index is 13.5. The van der Waals surface area contributed by atoms with Crippen LogP contribution in [0.3, 0.4) is 0 Å². The van der Waals surface area contributed by atoms with Gasteiger partial charge in [0, 0.05) is 25.0 Å². The predicted molar refractivity (Wildman–Crippen MR) is 116 cm³/mol. The second kappa shape index (κ2) is 9.74. The molecule has 0 spiro atoms. The van der Waals surface area contributed by atoms with Crippen LogP contribution in [0.5, 0.6) is 0 Å². The van der Waals surface area contributed by atoms with Gasteiger partial charge in [0.2, 0.25) is 15.9 Å². The molecule has 0 atom stereocenters. The van der Waals surface area contributed by atoms with Crippen molar-refractivity contribution in [2.24, 2.45) is 5.92 Å². The molecule has 1 aliphatic rings. The highest BCUT2D eigenvalue weighted by atomic mass is 32.2. The van der Waals surface area contributed by atoms with Gasteiger partial charge in [-0.05, 0) is 57.0 Å². The van der Waals surface area contributed by atoms with E-state index in [0.717, 1.165) is 16.4 Å². The summed E-state index contributed by atoms with van der Waals surface area (Å²) < 4.78 is 53.2. The lowest BCUT2D eigenvalue weighted by Crippen LogP contribution is -2.41. The third-order valence-electron chi connectivity index (χ3n) is 5.20. The topological polar surface area (TPSA) is 95.6 Å². The summed E-state index contributed by atoms with van der Waals surface area (Å²) in [6, 6.07) is 9.04. The highest BCUT2D eigenvalue weighted by molar-refractivity contribution is 7.89. The van der Waals surface area contributed by atoms with Crippen LogP contribution in [0.2, 0.25) is 0 Å². The Hall–Kier alpha value is -2.85. The van der Waals surface area contributed by atoms with Crippen LogP contribution in [0, 0.1) is 17.6 Å². The van der Waals surface area contributed by atoms with Crippen molar-refractivity contribution in [2.75, 3.05) is 18.4 Å². The molecule has 3 rings (SSSR count). The molecular weight excluding hydrogens is 440 g/mol. The van der Waals surface area contributed by atoms with Crippen molar-refractivity contribution in [1.82, 2.24) is 9.62 Å². The molecule has 0 saturated carbocycles. The molecule has 10 heteroatoms. The number of carbonyl (C=O) groups excluding carboxylic acids is 2. The minimum absolute atomic E-state index is 0.0629. The normalized spacial score (nSPS) is 15.5. The van der Waals surface area contributed by atoms with Crippen LogP contribution >= 0.6 is 0 Å². The molecule has 1 aliphatic heterocycles. The Balaban J connectivity index is 1.65. The van der Waals surface area contributed by atoms with E-state index in [2.05, 4.69) is 10.6 Å². The van der Waals surface area contributed by atoms with Gasteiger partial charge in [0.15, 0.2) is 11.6 Å². The quantitative estimate of drug-likeness (QED) is 0.685. The minimum Gasteiger partial charge on any atom is -0.350 e. The van der Waals surface area contributed by atoms with Gasteiger partial charge in [0.1, 0.15) is 0 Å². The number of sulfonamides is 1. The average molecular weight is 466 g/mol. The summed E-state index contributed by atoms with van der Waals surface area (Å²) in [4.78, 5) is 24.8. The number of halogens is 2. The first-order valence-corrected chi connectivity index (χ1v) is 11.7. The summed E-state index contributed by atoms with van der Waals surface area (Å²) in [5, 5.41) is 5.56. The lowest BCUT2D eigenvalue weighted by atomic mass is 9.97. The van der Waals surface area contributed by atoms with E-state index in [1.165, 1.54) is 0 Å². The molecule has 0 aromatic heterocycles. The SMILES string of the molecule is CC(C)NC(=O)c1ccccc1NC(=O)C1CCN(S(=O)(=O)c2ccc(F)c(F)c2)CC1. The molecule has 172 valence electrons. The molecule has 0 unspecified atom stereocenters. The van der Waals surface area contributed by atoms with Crippen LogP contribution in [0.25, 0.3) is 0 Å². The molecule has 2 N–H and O–H groups in total. The van der Waals surface area contributed by atoms with Crippen molar-refractivity contribution in [3.63, 3.8) is 0 Å². The summed E-state index contributed by atoms with van der Waals surface area (Å²) in [5.74, 6) is -3.42. The summed E-state index contributed by atoms with van der Waals surface area (Å²) in [6.07, 6.45) is 0.518. The summed E-state index contributed by atoms with van der Waals surface area (Å²) in [6.45, 7) is 3.80. The van der Waals surface area contributed by atoms with Crippen molar-refractivity contribution in [1.29, 1.82) is 0 Å². The fraction of sp³-hybridized carbons (Fsp3) is 0.364. The van der Waals surface area contributed by atoms with Crippen molar-refractivity contribution in [2.45, 2.75) is 37.6 Å². The molecule has 1 fully saturated rings. The number of para-hydroxylation sites is 1. The zero-order chi connectivity index (χ0) is 23.5. The summed E-state index contributed by atoms with van der Waals surface area (Å²) in [5.41, 5.74) is 0.723. The third-order valence-corrected chi connectivity index (χ3v) is 7.10. The zero-order valence-electron chi connectivity index (χ0n) is 17.8. The number of hydrogen-bond acceptors (Lipinski definition) is 4. The van der Waals surface area contributed by atoms with E-state index in [9.17, 15) is 26.8 Å². The summed E-state index contributed by atoms with van der Waals surface area (Å²) >= 11 is 0. The first-order chi connectivity index (χ1) is 15.1. The van der Waals surface area contributed by atoms with E-state index in [-0.39, 0.29) is 48.7 Å². The van der Waals surface area contributed by atoms with Crippen molar-refractivity contribution >= 4 is 27.5 Å². The monoisotopic (exact) mass is 465 g/mol. The Morgan fingerprint density at radius 3 is 2.31 bits per heavy atom. The fourth-order valence-corrected chi connectivity index (χ4v) is 4.99. The standard InChI is InChI=1S/C22H25F2N3O4S/c1-14(2)25-22(29)17-5-3-4-6-20(17)26-21(28)15-9-11-27(12-10-15)32(30,31)16-7-8-18(23)19(24)13-16/h3-8,13-15H,9-12H2,1-2H3,(H,25,29)(H,26,28). The van der Waals surface area contributed by atoms with Crippen molar-refractivity contribution in [3.05, 3.63) is 59.7 Å². The van der Waals surface area contributed by atoms with Gasteiger partial charge in [0.25, 0.3) is 5.91 Å².